The van der Waals surface area contributed by atoms with Gasteiger partial charge in [0.05, 0.1) is 18.8 Å². The fourth-order valence-electron chi connectivity index (χ4n) is 5.35. The predicted molar refractivity (Wildman–Crippen MR) is 163 cm³/mol. The zero-order chi connectivity index (χ0) is 27.7. The van der Waals surface area contributed by atoms with Crippen molar-refractivity contribution in [2.75, 3.05) is 13.7 Å². The van der Waals surface area contributed by atoms with E-state index in [4.69, 9.17) is 4.74 Å². The normalized spacial score (nSPS) is 13.8. The van der Waals surface area contributed by atoms with Crippen LogP contribution in [0, 0.1) is 5.92 Å². The first-order valence-corrected chi connectivity index (χ1v) is 16.1. The fourth-order valence-corrected chi connectivity index (χ4v) is 5.35. The van der Waals surface area contributed by atoms with Crippen molar-refractivity contribution in [1.82, 2.24) is 5.32 Å². The first-order valence-electron chi connectivity index (χ1n) is 16.1. The average Bonchev–Trinajstić information content (AvgIpc) is 2.91. The molecule has 0 aliphatic heterocycles. The quantitative estimate of drug-likeness (QED) is 0.117. The highest BCUT2D eigenvalue weighted by molar-refractivity contribution is 5.76. The minimum Gasteiger partial charge on any atom is -0.391 e. The molecule has 2 N–H and O–H groups in total. The number of methoxy groups -OCH3 is 1. The third-order valence-electron chi connectivity index (χ3n) is 7.81. The minimum absolute atomic E-state index is 0.0394. The van der Waals surface area contributed by atoms with Crippen molar-refractivity contribution in [3.63, 3.8) is 0 Å². The molecular weight excluding hydrogens is 470 g/mol. The molecule has 0 radical (unpaired) electrons. The molecule has 38 heavy (non-hydrogen) atoms. The Morgan fingerprint density at radius 2 is 1.37 bits per heavy atom. The lowest BCUT2D eigenvalue weighted by atomic mass is 9.93. The Kier molecular flexibility index (Phi) is 22.5. The Morgan fingerprint density at radius 3 is 1.97 bits per heavy atom. The number of aliphatic hydroxyl groups is 1. The van der Waals surface area contributed by atoms with Crippen molar-refractivity contribution >= 4 is 5.91 Å². The van der Waals surface area contributed by atoms with Crippen LogP contribution in [0.3, 0.4) is 0 Å². The summed E-state index contributed by atoms with van der Waals surface area (Å²) in [4.78, 5) is 12.5. The molecule has 3 atom stereocenters. The summed E-state index contributed by atoms with van der Waals surface area (Å²) in [5.74, 6) is 0.495. The van der Waals surface area contributed by atoms with Crippen molar-refractivity contribution in [2.24, 2.45) is 5.92 Å². The maximum absolute atomic E-state index is 12.5. The number of amides is 1. The topological polar surface area (TPSA) is 58.6 Å². The molecular formula is C34H61NO3. The smallest absolute Gasteiger partial charge is 0.220 e. The van der Waals surface area contributed by atoms with Gasteiger partial charge >= 0.3 is 0 Å². The molecule has 0 saturated carbocycles. The number of rotatable bonds is 26. The van der Waals surface area contributed by atoms with Crippen LogP contribution in [0.25, 0.3) is 0 Å². The van der Waals surface area contributed by atoms with E-state index >= 15 is 0 Å². The highest BCUT2D eigenvalue weighted by Gasteiger charge is 2.23. The molecule has 0 aliphatic carbocycles. The van der Waals surface area contributed by atoms with Crippen LogP contribution in [0.15, 0.2) is 30.3 Å². The maximum atomic E-state index is 12.5. The van der Waals surface area contributed by atoms with Gasteiger partial charge in [0, 0.05) is 13.5 Å². The van der Waals surface area contributed by atoms with Gasteiger partial charge < -0.3 is 15.2 Å². The SMILES string of the molecule is CCCCCCCCCCCCC(C)C[C@@H](O)[C@H](COC)NC(=O)CCCCCCCCc1ccccc1. The van der Waals surface area contributed by atoms with Gasteiger partial charge in [-0.25, -0.2) is 0 Å². The molecule has 0 saturated heterocycles. The van der Waals surface area contributed by atoms with Gasteiger partial charge in [-0.1, -0.05) is 140 Å². The number of carbonyl (C=O) groups is 1. The summed E-state index contributed by atoms with van der Waals surface area (Å²) in [5, 5.41) is 13.8. The van der Waals surface area contributed by atoms with Crippen molar-refractivity contribution in [3.8, 4) is 0 Å². The van der Waals surface area contributed by atoms with E-state index in [9.17, 15) is 9.90 Å². The molecule has 0 aromatic heterocycles. The fraction of sp³-hybridized carbons (Fsp3) is 0.794. The van der Waals surface area contributed by atoms with Gasteiger partial charge in [-0.2, -0.15) is 0 Å². The van der Waals surface area contributed by atoms with Crippen LogP contribution in [0.4, 0.5) is 0 Å². The Labute approximate surface area is 235 Å². The largest absolute Gasteiger partial charge is 0.391 e. The van der Waals surface area contributed by atoms with E-state index in [-0.39, 0.29) is 11.9 Å². The second kappa shape index (κ2) is 24.6. The van der Waals surface area contributed by atoms with Crippen LogP contribution >= 0.6 is 0 Å². The lowest BCUT2D eigenvalue weighted by Gasteiger charge is -2.26. The van der Waals surface area contributed by atoms with Crippen molar-refractivity contribution in [3.05, 3.63) is 35.9 Å². The Balaban J connectivity index is 2.08. The van der Waals surface area contributed by atoms with Gasteiger partial charge in [0.15, 0.2) is 0 Å². The standard InChI is InChI=1S/C34H61NO3/c1-4-5-6-7-8-9-10-11-14-18-23-30(2)28-33(36)32(29-38-3)35-34(37)27-22-16-13-12-15-19-24-31-25-20-17-21-26-31/h17,20-21,25-26,30,32-33,36H,4-16,18-19,22-24,27-29H2,1-3H3,(H,35,37)/t30?,32-,33+/m0/s1. The number of hydrogen-bond acceptors (Lipinski definition) is 3. The third-order valence-corrected chi connectivity index (χ3v) is 7.81. The first-order chi connectivity index (χ1) is 18.6. The third kappa shape index (κ3) is 19.6. The van der Waals surface area contributed by atoms with E-state index in [0.717, 1.165) is 25.7 Å². The van der Waals surface area contributed by atoms with Crippen LogP contribution in [0.5, 0.6) is 0 Å². The lowest BCUT2D eigenvalue weighted by Crippen LogP contribution is -2.46. The molecule has 1 aromatic rings. The van der Waals surface area contributed by atoms with Gasteiger partial charge in [-0.3, -0.25) is 4.79 Å². The number of nitrogens with one attached hydrogen (secondary N) is 1. The number of unbranched alkanes of at least 4 members (excludes halogenated alkanes) is 14. The summed E-state index contributed by atoms with van der Waals surface area (Å²) in [6, 6.07) is 10.4. The zero-order valence-corrected chi connectivity index (χ0v) is 25.2. The van der Waals surface area contributed by atoms with Crippen molar-refractivity contribution in [2.45, 2.75) is 154 Å². The molecule has 4 nitrogen and oxygen atoms in total. The number of benzene rings is 1. The summed E-state index contributed by atoms with van der Waals surface area (Å²) in [5.41, 5.74) is 1.42. The second-order valence-electron chi connectivity index (χ2n) is 11.6. The zero-order valence-electron chi connectivity index (χ0n) is 25.2. The Hall–Kier alpha value is -1.39. The van der Waals surface area contributed by atoms with E-state index in [2.05, 4.69) is 49.5 Å². The molecule has 1 aromatic carbocycles. The van der Waals surface area contributed by atoms with E-state index in [1.165, 1.54) is 95.5 Å². The maximum Gasteiger partial charge on any atom is 0.220 e. The summed E-state index contributed by atoms with van der Waals surface area (Å²) in [6.07, 6.45) is 23.4. The van der Waals surface area contributed by atoms with E-state index in [1.807, 2.05) is 0 Å². The van der Waals surface area contributed by atoms with E-state index in [1.54, 1.807) is 7.11 Å². The molecule has 0 spiro atoms. The molecule has 220 valence electrons. The number of aliphatic hydroxyl groups excluding tert-OH is 1. The van der Waals surface area contributed by atoms with Crippen molar-refractivity contribution < 1.29 is 14.6 Å². The van der Waals surface area contributed by atoms with Crippen LogP contribution in [0.1, 0.15) is 141 Å². The van der Waals surface area contributed by atoms with Gasteiger partial charge in [0.25, 0.3) is 0 Å². The number of hydrogen-bond donors (Lipinski definition) is 2. The van der Waals surface area contributed by atoms with Crippen molar-refractivity contribution in [1.29, 1.82) is 0 Å². The highest BCUT2D eigenvalue weighted by Crippen LogP contribution is 2.19. The molecule has 4 heteroatoms. The van der Waals surface area contributed by atoms with Crippen LogP contribution in [-0.4, -0.2) is 36.9 Å². The van der Waals surface area contributed by atoms with Crippen LogP contribution in [-0.2, 0) is 16.0 Å². The summed E-state index contributed by atoms with van der Waals surface area (Å²) in [7, 11) is 1.64. The number of carbonyl (C=O) groups excluding carboxylic acids is 1. The minimum atomic E-state index is -0.554. The average molecular weight is 532 g/mol. The predicted octanol–water partition coefficient (Wildman–Crippen LogP) is 8.79. The van der Waals surface area contributed by atoms with Gasteiger partial charge in [-0.05, 0) is 37.2 Å². The van der Waals surface area contributed by atoms with E-state index in [0.29, 0.717) is 25.4 Å². The molecule has 0 bridgehead atoms. The molecule has 0 heterocycles. The Bertz CT molecular complexity index is 650. The molecule has 0 aliphatic rings. The Morgan fingerprint density at radius 1 is 0.816 bits per heavy atom. The molecule has 1 rings (SSSR count). The molecule has 0 fully saturated rings. The van der Waals surface area contributed by atoms with Gasteiger partial charge in [0.1, 0.15) is 0 Å². The summed E-state index contributed by atoms with van der Waals surface area (Å²) < 4.78 is 5.31. The molecule has 1 amide bonds. The molecule has 1 unspecified atom stereocenters. The van der Waals surface area contributed by atoms with Gasteiger partial charge in [0.2, 0.25) is 5.91 Å². The monoisotopic (exact) mass is 531 g/mol. The summed E-state index contributed by atoms with van der Waals surface area (Å²) >= 11 is 0. The van der Waals surface area contributed by atoms with Gasteiger partial charge in [-0.15, -0.1) is 0 Å². The number of aryl methyl sites for hydroxylation is 1. The van der Waals surface area contributed by atoms with E-state index < -0.39 is 6.10 Å². The first kappa shape index (κ1) is 34.6. The van der Waals surface area contributed by atoms with Crippen LogP contribution in [0.2, 0.25) is 0 Å². The summed E-state index contributed by atoms with van der Waals surface area (Å²) in [6.45, 7) is 4.86. The lowest BCUT2D eigenvalue weighted by molar-refractivity contribution is -0.123. The number of ether oxygens (including phenoxy) is 1. The second-order valence-corrected chi connectivity index (χ2v) is 11.6. The highest BCUT2D eigenvalue weighted by atomic mass is 16.5. The van der Waals surface area contributed by atoms with Crippen LogP contribution < -0.4 is 5.32 Å².